The summed E-state index contributed by atoms with van der Waals surface area (Å²) in [7, 11) is 4.32. The van der Waals surface area contributed by atoms with Gasteiger partial charge in [-0.15, -0.1) is 11.6 Å². The minimum absolute atomic E-state index is 0. The van der Waals surface area contributed by atoms with Crippen LogP contribution in [0.2, 0.25) is 0 Å². The van der Waals surface area contributed by atoms with Gasteiger partial charge in [0.1, 0.15) is 17.5 Å². The van der Waals surface area contributed by atoms with E-state index in [0.29, 0.717) is 13.0 Å². The van der Waals surface area contributed by atoms with Gasteiger partial charge in [-0.25, -0.2) is 29.0 Å². The Morgan fingerprint density at radius 2 is 0.906 bits per heavy atom. The van der Waals surface area contributed by atoms with Gasteiger partial charge in [0.15, 0.2) is 0 Å². The number of carbonyl (C=O) groups is 6. The van der Waals surface area contributed by atoms with Crippen LogP contribution >= 0.6 is 11.6 Å². The molecule has 3 radical (unpaired) electrons. The first-order valence-electron chi connectivity index (χ1n) is 30.2. The largest absolute Gasteiger partial charge is 1.00 e. The Hall–Kier alpha value is -4.85. The van der Waals surface area contributed by atoms with Gasteiger partial charge in [0.25, 0.3) is 0 Å². The number of para-hydroxylation sites is 2. The molecule has 3 aliphatic heterocycles. The zero-order chi connectivity index (χ0) is 65.2. The van der Waals surface area contributed by atoms with Crippen LogP contribution in [0.15, 0.2) is 91.0 Å². The number of carbonyl (C=O) groups excluding carboxylic acids is 6. The first-order valence-corrected chi connectivity index (χ1v) is 30.7. The first-order chi connectivity index (χ1) is 40.0. The molecule has 0 unspecified atom stereocenters. The van der Waals surface area contributed by atoms with E-state index in [-0.39, 0.29) is 41.7 Å². The fourth-order valence-corrected chi connectivity index (χ4v) is 6.74. The van der Waals surface area contributed by atoms with E-state index < -0.39 is 29.1 Å². The second kappa shape index (κ2) is 62.2. The molecule has 3 aromatic carbocycles. The number of rotatable bonds is 6. The van der Waals surface area contributed by atoms with Crippen molar-refractivity contribution in [3.63, 3.8) is 0 Å². The average molecular weight is 1220 g/mol. The first kappa shape index (κ1) is 91.3. The maximum atomic E-state index is 12.1. The molecule has 3 aromatic rings. The number of aryl methyl sites for hydroxylation is 1. The van der Waals surface area contributed by atoms with Gasteiger partial charge in [-0.3, -0.25) is 4.79 Å². The molecule has 0 aliphatic carbocycles. The molecule has 3 aliphatic rings. The van der Waals surface area contributed by atoms with Crippen LogP contribution in [-0.2, 0) is 43.1 Å². The summed E-state index contributed by atoms with van der Waals surface area (Å²) in [6.45, 7) is 47.9. The Morgan fingerprint density at radius 1 is 0.541 bits per heavy atom. The number of aldehydes is 1. The van der Waals surface area contributed by atoms with Crippen molar-refractivity contribution in [1.29, 1.82) is 0 Å². The Bertz CT molecular complexity index is 1980. The number of nitrogens with zero attached hydrogens (tertiary/aromatic N) is 5. The molecular formula is C65H114BClN6NaO11. The van der Waals surface area contributed by atoms with E-state index in [1.54, 1.807) is 4.90 Å². The van der Waals surface area contributed by atoms with Crippen molar-refractivity contribution in [3.05, 3.63) is 96.6 Å². The van der Waals surface area contributed by atoms with Gasteiger partial charge >= 0.3 is 53.7 Å². The smallest absolute Gasteiger partial charge is 0.793 e. The van der Waals surface area contributed by atoms with Gasteiger partial charge in [-0.2, -0.15) is 0 Å². The van der Waals surface area contributed by atoms with E-state index in [4.69, 9.17) is 21.1 Å². The van der Waals surface area contributed by atoms with Gasteiger partial charge in [0.2, 0.25) is 5.97 Å². The van der Waals surface area contributed by atoms with E-state index in [9.17, 15) is 28.8 Å². The minimum atomic E-state index is -0.639. The molecule has 0 aromatic heterocycles. The number of benzene rings is 3. The van der Waals surface area contributed by atoms with E-state index in [1.165, 1.54) is 69.4 Å². The fourth-order valence-electron chi connectivity index (χ4n) is 6.74. The molecule has 6 rings (SSSR count). The van der Waals surface area contributed by atoms with Gasteiger partial charge in [-0.05, 0) is 124 Å². The average Bonchev–Trinajstić information content (AvgIpc) is 4.09. The second-order valence-corrected chi connectivity index (χ2v) is 20.3. The third-order valence-corrected chi connectivity index (χ3v) is 10.6. The summed E-state index contributed by atoms with van der Waals surface area (Å²) in [4.78, 5) is 80.7. The molecule has 3 saturated heterocycles. The Morgan fingerprint density at radius 3 is 1.24 bits per heavy atom. The molecule has 1 N–H and O–H groups in total. The number of hydrogen-bond acceptors (Lipinski definition) is 15. The quantitative estimate of drug-likeness (QED) is 0.0810. The van der Waals surface area contributed by atoms with Crippen LogP contribution in [0.3, 0.4) is 0 Å². The molecule has 85 heavy (non-hydrogen) atoms. The molecule has 481 valence electrons. The zero-order valence-corrected chi connectivity index (χ0v) is 59.3. The number of hydrogen-bond donors (Lipinski definition) is 1. The van der Waals surface area contributed by atoms with E-state index in [2.05, 4.69) is 111 Å². The molecule has 20 heteroatoms. The summed E-state index contributed by atoms with van der Waals surface area (Å²) in [5.74, 6) is -0.953. The van der Waals surface area contributed by atoms with Crippen molar-refractivity contribution < 1.29 is 82.2 Å². The van der Waals surface area contributed by atoms with Crippen LogP contribution < -0.4 is 44.7 Å². The third kappa shape index (κ3) is 60.6. The van der Waals surface area contributed by atoms with Crippen molar-refractivity contribution in [2.24, 2.45) is 0 Å². The molecule has 0 spiro atoms. The Balaban J connectivity index is -0.000000219. The van der Waals surface area contributed by atoms with E-state index >= 15 is 0 Å². The van der Waals surface area contributed by atoms with Crippen molar-refractivity contribution in [1.82, 2.24) is 20.0 Å². The maximum Gasteiger partial charge on any atom is 1.00 e. The second-order valence-electron chi connectivity index (χ2n) is 19.9. The van der Waals surface area contributed by atoms with Crippen molar-refractivity contribution in [2.45, 2.75) is 181 Å². The molecule has 0 bridgehead atoms. The predicted octanol–water partition coefficient (Wildman–Crippen LogP) is 10.9. The van der Waals surface area contributed by atoms with Crippen LogP contribution in [-0.4, -0.2) is 161 Å². The number of alkyl halides is 1. The summed E-state index contributed by atoms with van der Waals surface area (Å²) < 4.78 is 14.3. The fraction of sp³-hybridized carbons (Fsp3) is 0.631. The van der Waals surface area contributed by atoms with Crippen molar-refractivity contribution in [2.75, 3.05) is 101 Å². The van der Waals surface area contributed by atoms with E-state index in [1.807, 2.05) is 138 Å². The number of nitrogens with one attached hydrogen (secondary N) is 1. The number of amides is 2. The van der Waals surface area contributed by atoms with Crippen LogP contribution in [0.25, 0.3) is 0 Å². The van der Waals surface area contributed by atoms with Crippen LogP contribution in [0.4, 0.5) is 21.0 Å². The molecule has 3 heterocycles. The topological polar surface area (TPSA) is 177 Å². The van der Waals surface area contributed by atoms with Gasteiger partial charge in [0.05, 0.1) is 0 Å². The van der Waals surface area contributed by atoms with Crippen LogP contribution in [0.1, 0.15) is 169 Å². The van der Waals surface area contributed by atoms with Crippen molar-refractivity contribution >= 4 is 67.4 Å². The molecule has 3 fully saturated rings. The standard InChI is InChI=1S/C16H24N2O2.C14H22N2.C10H20N2O2.C7H8.C4H6O4.C3H7Cl.C3H6O.C2H3BO2.3C2H6.Na/c1-16(2,3)20-15(19)18-11-7-10-17(12-13-18)14-8-5-4-6-9-14;1-2-9-15-10-6-11-16(13-12-15)14-7-4-3-5-8-14;1-10(2,3)14-9(13)12-7-4-5-11-6-8-12;1-7-5-3-2-4-6-7;1-3(5)7-8-4(2)6;2*1-2-3-4;1-2(4)5-3;3*1-2;/h4-6,8-9H,7,10-13H2,1-3H3;3-5,7-8H,2,6,9-13H2,1H3;11H,4-8H2,1-3H3;2-6H,1H3;1-2H3;2-3H2,1H3;3H,2H2,1H3;1H3;3*1-2H3;/q;;;;;;;-1;;;;+1. The summed E-state index contributed by atoms with van der Waals surface area (Å²) in [6, 6.07) is 31.4. The number of anilines is 2. The monoisotopic (exact) mass is 1220 g/mol. The summed E-state index contributed by atoms with van der Waals surface area (Å²) in [5, 5.41) is 3.25. The Labute approximate surface area is 544 Å². The zero-order valence-electron chi connectivity index (χ0n) is 56.6. The van der Waals surface area contributed by atoms with Gasteiger partial charge in [0, 0.05) is 110 Å². The summed E-state index contributed by atoms with van der Waals surface area (Å²) >= 11 is 5.19. The molecular weight excluding hydrogens is 1110 g/mol. The normalized spacial score (nSPS) is 13.2. The van der Waals surface area contributed by atoms with Crippen LogP contribution in [0.5, 0.6) is 0 Å². The summed E-state index contributed by atoms with van der Waals surface area (Å²) in [6.07, 6.45) is 6.73. The molecule has 0 saturated carbocycles. The number of ether oxygens (including phenoxy) is 2. The Kier molecular flexibility index (Phi) is 66.8. The minimum Gasteiger partial charge on any atom is -0.793 e. The maximum absolute atomic E-state index is 12.1. The van der Waals surface area contributed by atoms with Gasteiger partial charge < -0.3 is 56.8 Å². The van der Waals surface area contributed by atoms with Gasteiger partial charge in [-0.1, -0.05) is 135 Å². The SMILES string of the molecule is CC.CC.CC.CC(=O)OOC(C)=O.CC(C)(C)OC(=O)N1CCCN(c2ccccc2)CC1.CC(C)(C)OC(=O)N1CCCNCC1.CCC=O.CCCCl.CCCN1CCCN(c2ccccc2)CC1.Cc1ccccc1.[B-]OC(C)=O.[Na+]. The summed E-state index contributed by atoms with van der Waals surface area (Å²) in [5.41, 5.74) is 3.10. The molecule has 2 amide bonds. The number of halogens is 1. The third-order valence-electron chi connectivity index (χ3n) is 10.2. The van der Waals surface area contributed by atoms with E-state index in [0.717, 1.165) is 91.1 Å². The molecule has 17 nitrogen and oxygen atoms in total. The molecule has 0 atom stereocenters. The van der Waals surface area contributed by atoms with Crippen LogP contribution in [0, 0.1) is 6.92 Å². The van der Waals surface area contributed by atoms with Crippen molar-refractivity contribution in [3.8, 4) is 0 Å². The predicted molar refractivity (Wildman–Crippen MR) is 350 cm³/mol.